The number of hydrogen-bond acceptors (Lipinski definition) is 4. The molecule has 9 heteroatoms. The number of rotatable bonds is 3. The summed E-state index contributed by atoms with van der Waals surface area (Å²) < 4.78 is 35.1. The van der Waals surface area contributed by atoms with Crippen molar-refractivity contribution in [3.05, 3.63) is 87.2 Å². The predicted molar refractivity (Wildman–Crippen MR) is 113 cm³/mol. The lowest BCUT2D eigenvalue weighted by Gasteiger charge is -2.19. The molecule has 0 spiro atoms. The normalized spacial score (nSPS) is 14.3. The van der Waals surface area contributed by atoms with Crippen LogP contribution >= 0.6 is 11.6 Å². The van der Waals surface area contributed by atoms with Crippen molar-refractivity contribution >= 4 is 22.5 Å². The van der Waals surface area contributed by atoms with E-state index in [1.807, 2.05) is 6.07 Å². The van der Waals surface area contributed by atoms with Crippen molar-refractivity contribution in [2.75, 3.05) is 13.2 Å². The average Bonchev–Trinajstić information content (AvgIpc) is 3.02. The summed E-state index contributed by atoms with van der Waals surface area (Å²) in [7, 11) is 0. The van der Waals surface area contributed by atoms with Gasteiger partial charge in [-0.15, -0.1) is 0 Å². The molecule has 0 atom stereocenters. The molecule has 0 unspecified atom stereocenters. The highest BCUT2D eigenvalue weighted by Gasteiger charge is 2.20. The first-order valence-electron chi connectivity index (χ1n) is 9.65. The van der Waals surface area contributed by atoms with Crippen LogP contribution in [0.25, 0.3) is 16.6 Å². The molecule has 4 aromatic rings. The highest BCUT2D eigenvalue weighted by atomic mass is 35.5. The molecular formula is C22H17ClF2N4O2. The van der Waals surface area contributed by atoms with Crippen LogP contribution in [0.2, 0.25) is 5.02 Å². The van der Waals surface area contributed by atoms with E-state index >= 15 is 0 Å². The maximum atomic E-state index is 13.8. The van der Waals surface area contributed by atoms with Crippen LogP contribution in [0.1, 0.15) is 11.1 Å². The van der Waals surface area contributed by atoms with Crippen LogP contribution in [-0.4, -0.2) is 32.6 Å². The first-order valence-corrected chi connectivity index (χ1v) is 10.0. The summed E-state index contributed by atoms with van der Waals surface area (Å²) in [6, 6.07) is 7.77. The SMILES string of the molecule is O=c1ncc(CN2CCOc3c(Cl)cc(-n4ccc5cc(F)c(F)cc54)cc3C2)c[nH]1. The fourth-order valence-electron chi connectivity index (χ4n) is 3.85. The zero-order valence-electron chi connectivity index (χ0n) is 16.2. The van der Waals surface area contributed by atoms with Gasteiger partial charge in [0, 0.05) is 66.5 Å². The Bertz CT molecular complexity index is 1330. The Morgan fingerprint density at radius 2 is 2.03 bits per heavy atom. The largest absolute Gasteiger partial charge is 0.490 e. The highest BCUT2D eigenvalue weighted by Crippen LogP contribution is 2.35. The molecule has 0 amide bonds. The summed E-state index contributed by atoms with van der Waals surface area (Å²) in [6.07, 6.45) is 4.95. The zero-order chi connectivity index (χ0) is 21.5. The quantitative estimate of drug-likeness (QED) is 0.520. The number of aromatic nitrogens is 3. The maximum absolute atomic E-state index is 13.8. The fraction of sp³-hybridized carbons (Fsp3) is 0.182. The lowest BCUT2D eigenvalue weighted by atomic mass is 10.1. The summed E-state index contributed by atoms with van der Waals surface area (Å²) >= 11 is 6.53. The molecule has 0 fully saturated rings. The number of fused-ring (bicyclic) bond motifs is 2. The average molecular weight is 443 g/mol. The molecule has 6 nitrogen and oxygen atoms in total. The van der Waals surface area contributed by atoms with Gasteiger partial charge in [0.2, 0.25) is 0 Å². The minimum atomic E-state index is -0.905. The molecule has 0 radical (unpaired) electrons. The topological polar surface area (TPSA) is 63.2 Å². The summed E-state index contributed by atoms with van der Waals surface area (Å²) in [4.78, 5) is 19.7. The monoisotopic (exact) mass is 442 g/mol. The van der Waals surface area contributed by atoms with E-state index < -0.39 is 11.6 Å². The first-order chi connectivity index (χ1) is 15.0. The number of H-pyrrole nitrogens is 1. The third-order valence-corrected chi connectivity index (χ3v) is 5.58. The lowest BCUT2D eigenvalue weighted by Crippen LogP contribution is -2.26. The fourth-order valence-corrected chi connectivity index (χ4v) is 4.14. The Hall–Kier alpha value is -3.23. The number of halogens is 3. The van der Waals surface area contributed by atoms with E-state index in [-0.39, 0.29) is 5.69 Å². The van der Waals surface area contributed by atoms with Gasteiger partial charge in [-0.3, -0.25) is 4.90 Å². The van der Waals surface area contributed by atoms with Crippen molar-refractivity contribution in [3.8, 4) is 11.4 Å². The number of benzene rings is 2. The van der Waals surface area contributed by atoms with Crippen molar-refractivity contribution in [2.24, 2.45) is 0 Å². The number of hydrogen-bond donors (Lipinski definition) is 1. The Morgan fingerprint density at radius 3 is 2.84 bits per heavy atom. The molecule has 31 heavy (non-hydrogen) atoms. The van der Waals surface area contributed by atoms with Crippen molar-refractivity contribution in [1.82, 2.24) is 19.4 Å². The van der Waals surface area contributed by atoms with Gasteiger partial charge < -0.3 is 14.3 Å². The second-order valence-corrected chi connectivity index (χ2v) is 7.82. The van der Waals surface area contributed by atoms with Gasteiger partial charge in [0.1, 0.15) is 12.4 Å². The smallest absolute Gasteiger partial charge is 0.344 e. The van der Waals surface area contributed by atoms with Gasteiger partial charge in [-0.2, -0.15) is 0 Å². The molecular weight excluding hydrogens is 426 g/mol. The molecule has 1 aliphatic rings. The molecule has 1 N–H and O–H groups in total. The third-order valence-electron chi connectivity index (χ3n) is 5.30. The number of aromatic amines is 1. The van der Waals surface area contributed by atoms with Crippen LogP contribution < -0.4 is 10.4 Å². The van der Waals surface area contributed by atoms with Crippen molar-refractivity contribution in [3.63, 3.8) is 0 Å². The molecule has 0 bridgehead atoms. The molecule has 1 aliphatic heterocycles. The first kappa shape index (κ1) is 19.7. The number of nitrogens with zero attached hydrogens (tertiary/aromatic N) is 3. The van der Waals surface area contributed by atoms with Gasteiger partial charge in [0.25, 0.3) is 0 Å². The summed E-state index contributed by atoms with van der Waals surface area (Å²) in [6.45, 7) is 2.26. The van der Waals surface area contributed by atoms with Crippen molar-refractivity contribution in [2.45, 2.75) is 13.1 Å². The second kappa shape index (κ2) is 7.79. The van der Waals surface area contributed by atoms with E-state index in [1.54, 1.807) is 35.3 Å². The molecule has 2 aromatic carbocycles. The Balaban J connectivity index is 1.51. The maximum Gasteiger partial charge on any atom is 0.344 e. The zero-order valence-corrected chi connectivity index (χ0v) is 17.0. The van der Waals surface area contributed by atoms with Crippen molar-refractivity contribution in [1.29, 1.82) is 0 Å². The van der Waals surface area contributed by atoms with Gasteiger partial charge in [-0.25, -0.2) is 18.6 Å². The van der Waals surface area contributed by atoms with E-state index in [2.05, 4.69) is 14.9 Å². The third kappa shape index (κ3) is 3.80. The predicted octanol–water partition coefficient (Wildman–Crippen LogP) is 4.04. The molecule has 0 saturated heterocycles. The molecule has 158 valence electrons. The van der Waals surface area contributed by atoms with Gasteiger partial charge in [0.05, 0.1) is 10.5 Å². The Labute approximate surface area is 180 Å². The lowest BCUT2D eigenvalue weighted by molar-refractivity contribution is 0.219. The van der Waals surface area contributed by atoms with Gasteiger partial charge in [-0.05, 0) is 24.3 Å². The molecule has 0 saturated carbocycles. The van der Waals surface area contributed by atoms with Crippen LogP contribution in [0.15, 0.2) is 53.7 Å². The van der Waals surface area contributed by atoms with Gasteiger partial charge >= 0.3 is 5.69 Å². The Kier molecular flexibility index (Phi) is 4.95. The summed E-state index contributed by atoms with van der Waals surface area (Å²) in [5.41, 5.74) is 2.63. The minimum absolute atomic E-state index is 0.389. The van der Waals surface area contributed by atoms with E-state index in [4.69, 9.17) is 16.3 Å². The second-order valence-electron chi connectivity index (χ2n) is 7.41. The minimum Gasteiger partial charge on any atom is -0.490 e. The van der Waals surface area contributed by atoms with Crippen molar-refractivity contribution < 1.29 is 13.5 Å². The van der Waals surface area contributed by atoms with Crippen LogP contribution in [0.3, 0.4) is 0 Å². The van der Waals surface area contributed by atoms with Gasteiger partial charge in [-0.1, -0.05) is 11.6 Å². The number of ether oxygens (including phenoxy) is 1. The standard InChI is InChI=1S/C22H17ClF2N4O2/c23-17-7-16(29-2-1-14-6-18(24)19(25)8-20(14)29)5-15-12-28(3-4-31-21(15)17)11-13-9-26-22(30)27-10-13/h1-2,5-10H,3-4,11-12H2,(H,26,27,30). The van der Waals surface area contributed by atoms with Crippen LogP contribution in [0, 0.1) is 11.6 Å². The van der Waals surface area contributed by atoms with Gasteiger partial charge in [0.15, 0.2) is 11.6 Å². The molecule has 5 rings (SSSR count). The molecule has 3 heterocycles. The number of nitrogens with one attached hydrogen (secondary N) is 1. The Morgan fingerprint density at radius 1 is 1.19 bits per heavy atom. The summed E-state index contributed by atoms with van der Waals surface area (Å²) in [5.74, 6) is -1.18. The van der Waals surface area contributed by atoms with E-state index in [1.165, 1.54) is 12.1 Å². The van der Waals surface area contributed by atoms with E-state index in [9.17, 15) is 13.6 Å². The van der Waals surface area contributed by atoms with E-state index in [0.717, 1.165) is 16.8 Å². The molecule has 2 aromatic heterocycles. The van der Waals surface area contributed by atoms with E-state index in [0.29, 0.717) is 47.9 Å². The van der Waals surface area contributed by atoms with Crippen LogP contribution in [0.4, 0.5) is 8.78 Å². The van der Waals surface area contributed by atoms with Crippen LogP contribution in [-0.2, 0) is 13.1 Å². The molecule has 0 aliphatic carbocycles. The summed E-state index contributed by atoms with van der Waals surface area (Å²) in [5, 5.41) is 1.04. The highest BCUT2D eigenvalue weighted by molar-refractivity contribution is 6.32. The van der Waals surface area contributed by atoms with Crippen LogP contribution in [0.5, 0.6) is 5.75 Å².